The molecule has 2 unspecified atom stereocenters. The van der Waals surface area contributed by atoms with E-state index >= 15 is 0 Å². The van der Waals surface area contributed by atoms with Crippen LogP contribution >= 0.6 is 0 Å². The van der Waals surface area contributed by atoms with Crippen molar-refractivity contribution in [3.8, 4) is 0 Å². The summed E-state index contributed by atoms with van der Waals surface area (Å²) in [6.07, 6.45) is 2.22. The zero-order valence-electron chi connectivity index (χ0n) is 19.8. The fraction of sp³-hybridized carbons (Fsp3) is 0.385. The van der Waals surface area contributed by atoms with Gasteiger partial charge in [-0.05, 0) is 89.9 Å². The first kappa shape index (κ1) is 22.4. The van der Waals surface area contributed by atoms with Crippen LogP contribution in [0.2, 0.25) is 0 Å². The number of benzene rings is 2. The highest BCUT2D eigenvalue weighted by molar-refractivity contribution is 5.83. The number of halogens is 1. The van der Waals surface area contributed by atoms with E-state index < -0.39 is 0 Å². The third kappa shape index (κ3) is 4.25. The van der Waals surface area contributed by atoms with Gasteiger partial charge in [0.25, 0.3) is 5.56 Å². The van der Waals surface area contributed by atoms with Gasteiger partial charge in [-0.2, -0.15) is 0 Å². The number of fused-ring (bicyclic) bond motifs is 1. The number of rotatable bonds is 5. The van der Waals surface area contributed by atoms with Crippen molar-refractivity contribution in [1.82, 2.24) is 30.1 Å². The molecule has 2 aromatic carbocycles. The summed E-state index contributed by atoms with van der Waals surface area (Å²) in [5.74, 6) is 0.850. The molecule has 0 bridgehead atoms. The molecule has 1 saturated heterocycles. The van der Waals surface area contributed by atoms with Gasteiger partial charge in [-0.25, -0.2) is 9.07 Å². The van der Waals surface area contributed by atoms with Crippen LogP contribution in [0.25, 0.3) is 10.9 Å². The van der Waals surface area contributed by atoms with Gasteiger partial charge >= 0.3 is 0 Å². The molecule has 176 valence electrons. The highest BCUT2D eigenvalue weighted by atomic mass is 19.1. The van der Waals surface area contributed by atoms with Gasteiger partial charge in [-0.1, -0.05) is 31.2 Å². The molecule has 1 aliphatic heterocycles. The monoisotopic (exact) mass is 460 g/mol. The molecule has 8 heteroatoms. The highest BCUT2D eigenvalue weighted by Gasteiger charge is 2.33. The molecule has 0 radical (unpaired) electrons. The molecule has 2 aromatic heterocycles. The van der Waals surface area contributed by atoms with Crippen molar-refractivity contribution < 1.29 is 4.39 Å². The zero-order chi connectivity index (χ0) is 23.8. The minimum Gasteiger partial charge on any atom is -0.321 e. The van der Waals surface area contributed by atoms with Crippen LogP contribution in [-0.2, 0) is 6.54 Å². The fourth-order valence-corrected chi connectivity index (χ4v) is 4.99. The van der Waals surface area contributed by atoms with E-state index in [1.54, 1.807) is 16.8 Å². The quantitative estimate of drug-likeness (QED) is 0.484. The Hall–Kier alpha value is -3.39. The number of hydrogen-bond acceptors (Lipinski definition) is 5. The Morgan fingerprint density at radius 2 is 1.97 bits per heavy atom. The van der Waals surface area contributed by atoms with Crippen molar-refractivity contribution in [2.45, 2.75) is 46.2 Å². The maximum Gasteiger partial charge on any atom is 0.253 e. The molecular weight excluding hydrogens is 431 g/mol. The molecular formula is C26H29FN6O. The minimum atomic E-state index is -0.382. The number of piperidine rings is 1. The predicted molar refractivity (Wildman–Crippen MR) is 129 cm³/mol. The lowest BCUT2D eigenvalue weighted by Crippen LogP contribution is -2.41. The van der Waals surface area contributed by atoms with E-state index in [9.17, 15) is 9.18 Å². The predicted octanol–water partition coefficient (Wildman–Crippen LogP) is 4.14. The molecule has 0 aliphatic carbocycles. The van der Waals surface area contributed by atoms with Gasteiger partial charge in [0, 0.05) is 12.1 Å². The first-order valence-corrected chi connectivity index (χ1v) is 11.8. The van der Waals surface area contributed by atoms with Gasteiger partial charge in [0.1, 0.15) is 11.9 Å². The van der Waals surface area contributed by atoms with Crippen molar-refractivity contribution in [2.75, 3.05) is 13.1 Å². The molecule has 1 fully saturated rings. The summed E-state index contributed by atoms with van der Waals surface area (Å²) in [7, 11) is 0. The maximum absolute atomic E-state index is 13.5. The second-order valence-corrected chi connectivity index (χ2v) is 9.49. The van der Waals surface area contributed by atoms with E-state index in [2.05, 4.69) is 44.5 Å². The number of aryl methyl sites for hydroxylation is 2. The van der Waals surface area contributed by atoms with Crippen LogP contribution in [0.5, 0.6) is 0 Å². The molecule has 0 spiro atoms. The third-order valence-electron chi connectivity index (χ3n) is 6.98. The van der Waals surface area contributed by atoms with Crippen molar-refractivity contribution in [1.29, 1.82) is 0 Å². The van der Waals surface area contributed by atoms with Gasteiger partial charge in [0.15, 0.2) is 5.82 Å². The summed E-state index contributed by atoms with van der Waals surface area (Å²) in [5.41, 5.74) is 4.48. The molecule has 3 heterocycles. The van der Waals surface area contributed by atoms with E-state index in [-0.39, 0.29) is 17.4 Å². The second kappa shape index (κ2) is 9.10. The maximum atomic E-state index is 13.5. The summed E-state index contributed by atoms with van der Waals surface area (Å²) >= 11 is 0. The van der Waals surface area contributed by atoms with E-state index in [1.807, 2.05) is 19.9 Å². The lowest BCUT2D eigenvalue weighted by Gasteiger charge is -2.36. The number of aromatic amines is 1. The molecule has 1 N–H and O–H groups in total. The fourth-order valence-electron chi connectivity index (χ4n) is 4.99. The number of aromatic nitrogens is 5. The van der Waals surface area contributed by atoms with Crippen LogP contribution in [0, 0.1) is 25.6 Å². The third-order valence-corrected chi connectivity index (χ3v) is 6.98. The van der Waals surface area contributed by atoms with Gasteiger partial charge < -0.3 is 4.98 Å². The van der Waals surface area contributed by atoms with Crippen molar-refractivity contribution >= 4 is 10.9 Å². The molecule has 0 saturated carbocycles. The number of tetrazole rings is 1. The number of nitrogens with one attached hydrogen (secondary N) is 1. The molecule has 1 aliphatic rings. The van der Waals surface area contributed by atoms with Crippen molar-refractivity contribution in [3.05, 3.63) is 86.7 Å². The van der Waals surface area contributed by atoms with E-state index in [4.69, 9.17) is 0 Å². The van der Waals surface area contributed by atoms with Gasteiger partial charge in [-0.15, -0.1) is 5.10 Å². The summed E-state index contributed by atoms with van der Waals surface area (Å²) in [4.78, 5) is 18.9. The van der Waals surface area contributed by atoms with Crippen molar-refractivity contribution in [2.24, 2.45) is 5.92 Å². The number of likely N-dealkylation sites (tertiary alicyclic amines) is 1. The van der Waals surface area contributed by atoms with Gasteiger partial charge in [0.2, 0.25) is 0 Å². The lowest BCUT2D eigenvalue weighted by molar-refractivity contribution is 0.141. The molecule has 7 nitrogen and oxygen atoms in total. The average molecular weight is 461 g/mol. The summed E-state index contributed by atoms with van der Waals surface area (Å²) in [6.45, 7) is 8.43. The molecule has 4 aromatic rings. The second-order valence-electron chi connectivity index (χ2n) is 9.49. The summed E-state index contributed by atoms with van der Waals surface area (Å²) in [5, 5.41) is 13.6. The van der Waals surface area contributed by atoms with Crippen LogP contribution in [0.3, 0.4) is 0 Å². The summed E-state index contributed by atoms with van der Waals surface area (Å²) in [6, 6.07) is 12.1. The van der Waals surface area contributed by atoms with Crippen LogP contribution in [0.4, 0.5) is 4.39 Å². The topological polar surface area (TPSA) is 79.7 Å². The number of H-pyrrole nitrogens is 1. The van der Waals surface area contributed by atoms with Crippen molar-refractivity contribution in [3.63, 3.8) is 0 Å². The van der Waals surface area contributed by atoms with Crippen LogP contribution in [0.1, 0.15) is 53.9 Å². The summed E-state index contributed by atoms with van der Waals surface area (Å²) < 4.78 is 15.1. The Morgan fingerprint density at radius 1 is 1.18 bits per heavy atom. The van der Waals surface area contributed by atoms with Crippen LogP contribution < -0.4 is 5.56 Å². The van der Waals surface area contributed by atoms with Crippen LogP contribution in [0.15, 0.2) is 47.3 Å². The number of pyridine rings is 1. The number of hydrogen-bond donors (Lipinski definition) is 1. The van der Waals surface area contributed by atoms with Crippen LogP contribution in [-0.4, -0.2) is 43.2 Å². The Labute approximate surface area is 197 Å². The zero-order valence-corrected chi connectivity index (χ0v) is 19.8. The normalized spacial score (nSPS) is 17.8. The largest absolute Gasteiger partial charge is 0.321 e. The SMILES string of the molecule is Cc1ccc2cc(C(c3nnnn3Cc3ccc(F)cc3)N3CCCC(C)C3)c(=O)[nH]c2c1C. The Balaban J connectivity index is 1.63. The number of nitrogens with zero attached hydrogens (tertiary/aromatic N) is 5. The van der Waals surface area contributed by atoms with E-state index in [0.29, 0.717) is 23.9 Å². The molecule has 5 rings (SSSR count). The smallest absolute Gasteiger partial charge is 0.253 e. The minimum absolute atomic E-state index is 0.124. The molecule has 0 amide bonds. The lowest BCUT2D eigenvalue weighted by atomic mass is 9.95. The average Bonchev–Trinajstić information content (AvgIpc) is 3.27. The van der Waals surface area contributed by atoms with E-state index in [1.165, 1.54) is 12.1 Å². The standard InChI is InChI=1S/C26H29FN6O/c1-16-5-4-12-32(14-16)24(22-13-20-9-6-17(2)18(3)23(20)28-26(22)34)25-29-30-31-33(25)15-19-7-10-21(27)11-8-19/h6-11,13,16,24H,4-5,12,14-15H2,1-3H3,(H,28,34). The first-order chi connectivity index (χ1) is 16.4. The Morgan fingerprint density at radius 3 is 2.74 bits per heavy atom. The van der Waals surface area contributed by atoms with Gasteiger partial charge in [0.05, 0.1) is 12.1 Å². The Kier molecular flexibility index (Phi) is 6.00. The first-order valence-electron chi connectivity index (χ1n) is 11.8. The van der Waals surface area contributed by atoms with E-state index in [0.717, 1.165) is 53.5 Å². The van der Waals surface area contributed by atoms with Gasteiger partial charge in [-0.3, -0.25) is 9.69 Å². The molecule has 34 heavy (non-hydrogen) atoms. The Bertz CT molecular complexity index is 1380. The molecule has 2 atom stereocenters. The highest BCUT2D eigenvalue weighted by Crippen LogP contribution is 2.31.